The quantitative estimate of drug-likeness (QED) is 0.327. The Kier molecular flexibility index (Phi) is 5.59. The molecule has 0 aliphatic carbocycles. The Labute approximate surface area is 205 Å². The highest BCUT2D eigenvalue weighted by Gasteiger charge is 2.41. The van der Waals surface area contributed by atoms with E-state index in [-0.39, 0.29) is 12.3 Å². The van der Waals surface area contributed by atoms with Crippen LogP contribution in [0.4, 0.5) is 0 Å². The topological polar surface area (TPSA) is 43.3 Å². The number of hydrazone groups is 1. The highest BCUT2D eigenvalue weighted by atomic mass is 16.5. The minimum atomic E-state index is -0.367. The molecule has 0 radical (unpaired) electrons. The molecule has 4 aromatic rings. The first kappa shape index (κ1) is 21.3. The van der Waals surface area contributed by atoms with E-state index in [1.165, 1.54) is 0 Å². The van der Waals surface area contributed by atoms with Crippen LogP contribution in [0.5, 0.6) is 17.2 Å². The van der Waals surface area contributed by atoms with Gasteiger partial charge < -0.3 is 14.2 Å². The van der Waals surface area contributed by atoms with Gasteiger partial charge in [0.2, 0.25) is 6.23 Å². The van der Waals surface area contributed by atoms with Crippen LogP contribution in [-0.2, 0) is 6.61 Å². The van der Waals surface area contributed by atoms with Crippen molar-refractivity contribution in [1.29, 1.82) is 0 Å². The normalized spacial score (nSPS) is 18.2. The van der Waals surface area contributed by atoms with Crippen LogP contribution in [0.3, 0.4) is 0 Å². The van der Waals surface area contributed by atoms with Crippen LogP contribution in [0.2, 0.25) is 0 Å². The molecule has 2 aliphatic rings. The van der Waals surface area contributed by atoms with Crippen molar-refractivity contribution in [1.82, 2.24) is 5.01 Å². The molecule has 0 N–H and O–H groups in total. The van der Waals surface area contributed by atoms with Crippen molar-refractivity contribution in [3.05, 3.63) is 125 Å². The molecule has 0 fully saturated rings. The minimum absolute atomic E-state index is 0.111. The maximum absolute atomic E-state index is 6.51. The van der Waals surface area contributed by atoms with Gasteiger partial charge in [0.25, 0.3) is 0 Å². The van der Waals surface area contributed by atoms with Crippen LogP contribution in [0.25, 0.3) is 0 Å². The second-order valence-corrected chi connectivity index (χ2v) is 8.71. The van der Waals surface area contributed by atoms with Crippen molar-refractivity contribution in [2.45, 2.75) is 25.3 Å². The van der Waals surface area contributed by atoms with Crippen molar-refractivity contribution in [3.63, 3.8) is 0 Å². The summed E-state index contributed by atoms with van der Waals surface area (Å²) in [6, 6.07) is 34.8. The number of nitrogens with zero attached hydrogens (tertiary/aromatic N) is 2. The van der Waals surface area contributed by atoms with Crippen molar-refractivity contribution in [2.75, 3.05) is 7.11 Å². The lowest BCUT2D eigenvalue weighted by atomic mass is 9.96. The number of ether oxygens (including phenoxy) is 3. The van der Waals surface area contributed by atoms with Crippen LogP contribution in [0, 0.1) is 0 Å². The van der Waals surface area contributed by atoms with E-state index in [0.29, 0.717) is 18.1 Å². The van der Waals surface area contributed by atoms with Gasteiger partial charge in [0.05, 0.1) is 18.9 Å². The van der Waals surface area contributed by atoms with Gasteiger partial charge in [-0.1, -0.05) is 78.9 Å². The van der Waals surface area contributed by atoms with E-state index in [9.17, 15) is 0 Å². The number of methoxy groups -OCH3 is 1. The minimum Gasteiger partial charge on any atom is -0.493 e. The largest absolute Gasteiger partial charge is 0.493 e. The molecule has 35 heavy (non-hydrogen) atoms. The van der Waals surface area contributed by atoms with E-state index < -0.39 is 0 Å². The summed E-state index contributed by atoms with van der Waals surface area (Å²) in [5.74, 6) is 2.26. The Bertz CT molecular complexity index is 1350. The molecular weight excluding hydrogens is 436 g/mol. The average Bonchev–Trinajstić information content (AvgIpc) is 3.38. The molecule has 5 nitrogen and oxygen atoms in total. The monoisotopic (exact) mass is 462 g/mol. The summed E-state index contributed by atoms with van der Waals surface area (Å²) in [7, 11) is 1.66. The number of rotatable bonds is 6. The van der Waals surface area contributed by atoms with Gasteiger partial charge in [0.15, 0.2) is 11.5 Å². The van der Waals surface area contributed by atoms with E-state index >= 15 is 0 Å². The predicted molar refractivity (Wildman–Crippen MR) is 136 cm³/mol. The summed E-state index contributed by atoms with van der Waals surface area (Å²) in [5, 5.41) is 7.13. The summed E-state index contributed by atoms with van der Waals surface area (Å²) >= 11 is 0. The standard InChI is InChI=1S/C30H26N2O3/c1-33-29-18-23(16-17-28(29)34-20-21-10-4-2-5-11-21)30-32-26(24-14-8-9-15-27(24)35-30)19-25(31-32)22-12-6-3-7-13-22/h2-18,26,30H,19-20H2,1H3/t26-,30-/m1/s1. The number of hydrogen-bond donors (Lipinski definition) is 0. The third-order valence-corrected chi connectivity index (χ3v) is 6.52. The van der Waals surface area contributed by atoms with Crippen molar-refractivity contribution < 1.29 is 14.2 Å². The lowest BCUT2D eigenvalue weighted by Crippen LogP contribution is -2.33. The fraction of sp³-hybridized carbons (Fsp3) is 0.167. The highest BCUT2D eigenvalue weighted by molar-refractivity contribution is 6.01. The first-order valence-corrected chi connectivity index (χ1v) is 11.8. The number of fused-ring (bicyclic) bond motifs is 3. The Morgan fingerprint density at radius 3 is 2.40 bits per heavy atom. The fourth-order valence-corrected chi connectivity index (χ4v) is 4.75. The molecule has 2 aliphatic heterocycles. The Morgan fingerprint density at radius 1 is 0.857 bits per heavy atom. The second kappa shape index (κ2) is 9.18. The van der Waals surface area contributed by atoms with Crippen LogP contribution < -0.4 is 14.2 Å². The molecule has 0 bridgehead atoms. The summed E-state index contributed by atoms with van der Waals surface area (Å²) in [4.78, 5) is 0. The molecule has 0 saturated carbocycles. The van der Waals surface area contributed by atoms with E-state index in [4.69, 9.17) is 19.3 Å². The summed E-state index contributed by atoms with van der Waals surface area (Å²) < 4.78 is 18.3. The third-order valence-electron chi connectivity index (χ3n) is 6.52. The van der Waals surface area contributed by atoms with Crippen molar-refractivity contribution in [2.24, 2.45) is 5.10 Å². The first-order valence-electron chi connectivity index (χ1n) is 11.8. The molecule has 4 aromatic carbocycles. The summed E-state index contributed by atoms with van der Waals surface area (Å²) in [6.45, 7) is 0.475. The Hall–Kier alpha value is -4.25. The van der Waals surface area contributed by atoms with Gasteiger partial charge in [-0.3, -0.25) is 0 Å². The average molecular weight is 463 g/mol. The number of para-hydroxylation sites is 1. The molecule has 174 valence electrons. The zero-order valence-corrected chi connectivity index (χ0v) is 19.5. The van der Waals surface area contributed by atoms with Crippen LogP contribution >= 0.6 is 0 Å². The molecule has 0 amide bonds. The van der Waals surface area contributed by atoms with Gasteiger partial charge in [0.1, 0.15) is 12.4 Å². The number of benzene rings is 4. The van der Waals surface area contributed by atoms with E-state index in [0.717, 1.165) is 40.1 Å². The molecule has 0 unspecified atom stereocenters. The zero-order chi connectivity index (χ0) is 23.6. The lowest BCUT2D eigenvalue weighted by Gasteiger charge is -2.38. The van der Waals surface area contributed by atoms with Crippen molar-refractivity contribution >= 4 is 5.71 Å². The van der Waals surface area contributed by atoms with Gasteiger partial charge in [0, 0.05) is 17.5 Å². The van der Waals surface area contributed by atoms with Crippen LogP contribution in [0.1, 0.15) is 40.9 Å². The molecule has 5 heteroatoms. The maximum atomic E-state index is 6.51. The van der Waals surface area contributed by atoms with Crippen molar-refractivity contribution in [3.8, 4) is 17.2 Å². The molecular formula is C30H26N2O3. The van der Waals surface area contributed by atoms with E-state index in [2.05, 4.69) is 41.4 Å². The first-order chi connectivity index (χ1) is 17.3. The van der Waals surface area contributed by atoms with Gasteiger partial charge in [-0.15, -0.1) is 0 Å². The number of hydrogen-bond acceptors (Lipinski definition) is 5. The molecule has 0 saturated heterocycles. The molecule has 2 atom stereocenters. The van der Waals surface area contributed by atoms with E-state index in [1.807, 2.05) is 66.7 Å². The summed E-state index contributed by atoms with van der Waals surface area (Å²) in [6.07, 6.45) is 0.462. The Balaban J connectivity index is 1.33. The van der Waals surface area contributed by atoms with Crippen LogP contribution in [-0.4, -0.2) is 17.8 Å². The molecule has 2 heterocycles. The highest BCUT2D eigenvalue weighted by Crippen LogP contribution is 2.48. The molecule has 0 aromatic heterocycles. The smallest absolute Gasteiger partial charge is 0.214 e. The predicted octanol–water partition coefficient (Wildman–Crippen LogP) is 6.52. The van der Waals surface area contributed by atoms with Crippen LogP contribution in [0.15, 0.2) is 108 Å². The van der Waals surface area contributed by atoms with Gasteiger partial charge >= 0.3 is 0 Å². The zero-order valence-electron chi connectivity index (χ0n) is 19.5. The fourth-order valence-electron chi connectivity index (χ4n) is 4.75. The second-order valence-electron chi connectivity index (χ2n) is 8.71. The summed E-state index contributed by atoms with van der Waals surface area (Å²) in [5.41, 5.74) is 5.43. The van der Waals surface area contributed by atoms with Gasteiger partial charge in [-0.25, -0.2) is 5.01 Å². The van der Waals surface area contributed by atoms with E-state index in [1.54, 1.807) is 7.11 Å². The SMILES string of the molecule is COc1cc([C@H]2Oc3ccccc3[C@H]3CC(c4ccccc4)=NN32)ccc1OCc1ccccc1. The molecule has 6 rings (SSSR count). The Morgan fingerprint density at radius 2 is 1.60 bits per heavy atom. The maximum Gasteiger partial charge on any atom is 0.214 e. The van der Waals surface area contributed by atoms with Gasteiger partial charge in [-0.2, -0.15) is 5.10 Å². The third kappa shape index (κ3) is 4.10. The lowest BCUT2D eigenvalue weighted by molar-refractivity contribution is -0.0191. The van der Waals surface area contributed by atoms with Gasteiger partial charge in [-0.05, 0) is 35.4 Å². The molecule has 0 spiro atoms.